The highest BCUT2D eigenvalue weighted by Gasteiger charge is 2.32. The Labute approximate surface area is 161 Å². The molecule has 2 aliphatic heterocycles. The predicted octanol–water partition coefficient (Wildman–Crippen LogP) is 2.23. The van der Waals surface area contributed by atoms with Crippen molar-refractivity contribution in [1.29, 1.82) is 0 Å². The molecule has 2 aliphatic rings. The lowest BCUT2D eigenvalue weighted by Gasteiger charge is -2.36. The average Bonchev–Trinajstić information content (AvgIpc) is 3.33. The maximum absolute atomic E-state index is 13.2. The molecule has 5 rings (SSSR count). The van der Waals surface area contributed by atoms with Crippen molar-refractivity contribution in [2.45, 2.75) is 25.8 Å². The van der Waals surface area contributed by atoms with Crippen LogP contribution in [-0.2, 0) is 24.8 Å². The fourth-order valence-corrected chi connectivity index (χ4v) is 5.16. The molecule has 1 atom stereocenters. The number of thiophene rings is 1. The van der Waals surface area contributed by atoms with Gasteiger partial charge in [0.2, 0.25) is 5.91 Å². The van der Waals surface area contributed by atoms with Crippen LogP contribution in [0.2, 0.25) is 0 Å². The second-order valence-corrected chi connectivity index (χ2v) is 8.37. The van der Waals surface area contributed by atoms with Crippen molar-refractivity contribution in [2.24, 2.45) is 13.0 Å². The van der Waals surface area contributed by atoms with E-state index in [1.807, 2.05) is 29.5 Å². The van der Waals surface area contributed by atoms with Gasteiger partial charge in [-0.3, -0.25) is 9.48 Å². The minimum atomic E-state index is 0.0284. The largest absolute Gasteiger partial charge is 0.355 e. The van der Waals surface area contributed by atoms with E-state index in [0.717, 1.165) is 55.7 Å². The van der Waals surface area contributed by atoms with Crippen molar-refractivity contribution in [2.75, 3.05) is 24.5 Å². The van der Waals surface area contributed by atoms with Gasteiger partial charge in [0, 0.05) is 38.1 Å². The molecule has 0 aliphatic carbocycles. The molecule has 0 aromatic carbocycles. The lowest BCUT2D eigenvalue weighted by atomic mass is 9.95. The van der Waals surface area contributed by atoms with Crippen LogP contribution in [0.15, 0.2) is 24.0 Å². The highest BCUT2D eigenvalue weighted by Crippen LogP contribution is 2.30. The molecule has 7 nitrogen and oxygen atoms in total. The van der Waals surface area contributed by atoms with Crippen LogP contribution < -0.4 is 4.90 Å². The number of carbonyl (C=O) groups excluding carboxylic acids is 1. The standard InChI is InChI=1S/C19H22N6OS/c1-23-17-15(9-22-23)18(21-12-20-17)24-6-2-3-14(11-24)19(26)25-7-4-16-13(10-25)5-8-27-16/h5,8-9,12,14H,2-4,6-7,10-11H2,1H3. The number of hydrogen-bond acceptors (Lipinski definition) is 6. The van der Waals surface area contributed by atoms with Gasteiger partial charge in [0.15, 0.2) is 5.65 Å². The number of carbonyl (C=O) groups is 1. The minimum absolute atomic E-state index is 0.0284. The van der Waals surface area contributed by atoms with E-state index in [0.29, 0.717) is 6.54 Å². The zero-order valence-electron chi connectivity index (χ0n) is 15.3. The topological polar surface area (TPSA) is 67.2 Å². The third-order valence-electron chi connectivity index (χ3n) is 5.70. The Balaban J connectivity index is 1.35. The molecule has 1 amide bonds. The van der Waals surface area contributed by atoms with Crippen LogP contribution >= 0.6 is 11.3 Å². The van der Waals surface area contributed by atoms with Crippen molar-refractivity contribution in [1.82, 2.24) is 24.6 Å². The predicted molar refractivity (Wildman–Crippen MR) is 105 cm³/mol. The molecule has 0 N–H and O–H groups in total. The number of piperidine rings is 1. The Bertz CT molecular complexity index is 995. The molecule has 5 heterocycles. The van der Waals surface area contributed by atoms with E-state index in [9.17, 15) is 4.79 Å². The van der Waals surface area contributed by atoms with Crippen LogP contribution in [0, 0.1) is 5.92 Å². The van der Waals surface area contributed by atoms with Crippen molar-refractivity contribution in [3.8, 4) is 0 Å². The van der Waals surface area contributed by atoms with E-state index in [1.54, 1.807) is 11.0 Å². The van der Waals surface area contributed by atoms with E-state index in [-0.39, 0.29) is 11.8 Å². The molecular formula is C19H22N6OS. The molecule has 0 saturated carbocycles. The minimum Gasteiger partial charge on any atom is -0.355 e. The van der Waals surface area contributed by atoms with Gasteiger partial charge in [-0.1, -0.05) is 0 Å². The molecule has 1 saturated heterocycles. The maximum Gasteiger partial charge on any atom is 0.227 e. The molecule has 3 aromatic heterocycles. The molecule has 8 heteroatoms. The number of anilines is 1. The van der Waals surface area contributed by atoms with Crippen LogP contribution in [0.4, 0.5) is 5.82 Å². The summed E-state index contributed by atoms with van der Waals surface area (Å²) in [7, 11) is 1.89. The first-order chi connectivity index (χ1) is 13.2. The molecule has 0 radical (unpaired) electrons. The number of aromatic nitrogens is 4. The lowest BCUT2D eigenvalue weighted by Crippen LogP contribution is -2.46. The number of nitrogens with zero attached hydrogens (tertiary/aromatic N) is 6. The Hall–Kier alpha value is -2.48. The first-order valence-electron chi connectivity index (χ1n) is 9.42. The molecule has 1 fully saturated rings. The van der Waals surface area contributed by atoms with Gasteiger partial charge in [0.05, 0.1) is 17.5 Å². The van der Waals surface area contributed by atoms with Gasteiger partial charge in [-0.15, -0.1) is 11.3 Å². The molecule has 27 heavy (non-hydrogen) atoms. The first kappa shape index (κ1) is 16.7. The quantitative estimate of drug-likeness (QED) is 0.680. The monoisotopic (exact) mass is 382 g/mol. The Morgan fingerprint density at radius 1 is 1.30 bits per heavy atom. The second-order valence-electron chi connectivity index (χ2n) is 7.37. The fraction of sp³-hybridized carbons (Fsp3) is 0.474. The summed E-state index contributed by atoms with van der Waals surface area (Å²) in [6.07, 6.45) is 6.34. The van der Waals surface area contributed by atoms with Gasteiger partial charge in [-0.05, 0) is 36.3 Å². The zero-order valence-corrected chi connectivity index (χ0v) is 16.2. The smallest absolute Gasteiger partial charge is 0.227 e. The van der Waals surface area contributed by atoms with Crippen LogP contribution in [0.25, 0.3) is 11.0 Å². The summed E-state index contributed by atoms with van der Waals surface area (Å²) < 4.78 is 1.76. The molecule has 0 bridgehead atoms. The number of rotatable bonds is 2. The Kier molecular flexibility index (Phi) is 4.07. The summed E-state index contributed by atoms with van der Waals surface area (Å²) in [4.78, 5) is 27.7. The van der Waals surface area contributed by atoms with E-state index in [2.05, 4.69) is 31.4 Å². The molecule has 0 spiro atoms. The van der Waals surface area contributed by atoms with E-state index < -0.39 is 0 Å². The van der Waals surface area contributed by atoms with Crippen molar-refractivity contribution < 1.29 is 4.79 Å². The van der Waals surface area contributed by atoms with E-state index in [1.165, 1.54) is 10.4 Å². The number of aryl methyl sites for hydroxylation is 1. The Morgan fingerprint density at radius 3 is 3.15 bits per heavy atom. The molecule has 1 unspecified atom stereocenters. The second kappa shape index (κ2) is 6.60. The van der Waals surface area contributed by atoms with E-state index in [4.69, 9.17) is 0 Å². The number of fused-ring (bicyclic) bond motifs is 2. The highest BCUT2D eigenvalue weighted by atomic mass is 32.1. The lowest BCUT2D eigenvalue weighted by molar-refractivity contribution is -0.136. The summed E-state index contributed by atoms with van der Waals surface area (Å²) >= 11 is 1.81. The summed E-state index contributed by atoms with van der Waals surface area (Å²) in [5, 5.41) is 7.40. The first-order valence-corrected chi connectivity index (χ1v) is 10.3. The fourth-order valence-electron chi connectivity index (χ4n) is 4.27. The summed E-state index contributed by atoms with van der Waals surface area (Å²) in [5.41, 5.74) is 2.15. The van der Waals surface area contributed by atoms with Gasteiger partial charge in [-0.2, -0.15) is 5.10 Å². The molecule has 3 aromatic rings. The van der Waals surface area contributed by atoms with Crippen molar-refractivity contribution in [3.05, 3.63) is 34.4 Å². The third-order valence-corrected chi connectivity index (χ3v) is 6.72. The maximum atomic E-state index is 13.2. The zero-order chi connectivity index (χ0) is 18.4. The SMILES string of the molecule is Cn1ncc2c(N3CCCC(C(=O)N4CCc5sccc5C4)C3)ncnc21. The normalized spacial score (nSPS) is 20.1. The Morgan fingerprint density at radius 2 is 2.22 bits per heavy atom. The highest BCUT2D eigenvalue weighted by molar-refractivity contribution is 7.10. The molecular weight excluding hydrogens is 360 g/mol. The molecule has 140 valence electrons. The van der Waals surface area contributed by atoms with Crippen LogP contribution in [0.1, 0.15) is 23.3 Å². The van der Waals surface area contributed by atoms with Gasteiger partial charge >= 0.3 is 0 Å². The van der Waals surface area contributed by atoms with Crippen LogP contribution in [0.5, 0.6) is 0 Å². The van der Waals surface area contributed by atoms with Crippen molar-refractivity contribution in [3.63, 3.8) is 0 Å². The van der Waals surface area contributed by atoms with Crippen LogP contribution in [0.3, 0.4) is 0 Å². The van der Waals surface area contributed by atoms with Gasteiger partial charge < -0.3 is 9.80 Å². The number of hydrogen-bond donors (Lipinski definition) is 0. The van der Waals surface area contributed by atoms with E-state index >= 15 is 0 Å². The van der Waals surface area contributed by atoms with Crippen molar-refractivity contribution >= 4 is 34.1 Å². The van der Waals surface area contributed by atoms with Gasteiger partial charge in [0.25, 0.3) is 0 Å². The van der Waals surface area contributed by atoms with Gasteiger partial charge in [0.1, 0.15) is 12.1 Å². The van der Waals surface area contributed by atoms with Crippen LogP contribution in [-0.4, -0.2) is 50.2 Å². The summed E-state index contributed by atoms with van der Waals surface area (Å²) in [6.45, 7) is 3.23. The summed E-state index contributed by atoms with van der Waals surface area (Å²) in [5.74, 6) is 1.21. The average molecular weight is 382 g/mol. The van der Waals surface area contributed by atoms with Gasteiger partial charge in [-0.25, -0.2) is 9.97 Å². The summed E-state index contributed by atoms with van der Waals surface area (Å²) in [6, 6.07) is 2.16. The number of amides is 1. The third kappa shape index (κ3) is 2.88.